The van der Waals surface area contributed by atoms with Crippen molar-refractivity contribution in [2.45, 2.75) is 26.4 Å². The molecule has 2 saturated heterocycles. The zero-order chi connectivity index (χ0) is 22.9. The smallest absolute Gasteiger partial charge is 0.194 e. The molecule has 1 aromatic carbocycles. The fourth-order valence-corrected chi connectivity index (χ4v) is 4.39. The minimum Gasteiger partial charge on any atom is -0.497 e. The average molecular weight is 447 g/mol. The van der Waals surface area contributed by atoms with Crippen molar-refractivity contribution in [2.24, 2.45) is 4.99 Å². The number of methoxy groups -OCH3 is 2. The lowest BCUT2D eigenvalue weighted by Crippen LogP contribution is -2.53. The van der Waals surface area contributed by atoms with E-state index in [2.05, 4.69) is 51.9 Å². The molecule has 180 valence electrons. The molecule has 0 saturated carbocycles. The Kier molecular flexibility index (Phi) is 9.44. The lowest BCUT2D eigenvalue weighted by Gasteiger charge is -2.38. The number of nitrogens with one attached hydrogen (secondary N) is 1. The number of guanidine groups is 1. The van der Waals surface area contributed by atoms with E-state index in [0.29, 0.717) is 6.04 Å². The summed E-state index contributed by atoms with van der Waals surface area (Å²) < 4.78 is 11.0. The molecule has 3 rings (SSSR count). The van der Waals surface area contributed by atoms with Crippen molar-refractivity contribution in [3.63, 3.8) is 0 Å². The average Bonchev–Trinajstić information content (AvgIpc) is 2.82. The van der Waals surface area contributed by atoms with E-state index >= 15 is 0 Å². The number of rotatable bonds is 8. The van der Waals surface area contributed by atoms with Gasteiger partial charge in [0.05, 0.1) is 20.8 Å². The molecule has 1 unspecified atom stereocenters. The van der Waals surface area contributed by atoms with E-state index in [1.807, 2.05) is 12.1 Å². The third-order valence-electron chi connectivity index (χ3n) is 6.55. The summed E-state index contributed by atoms with van der Waals surface area (Å²) in [6, 6.07) is 6.49. The van der Waals surface area contributed by atoms with E-state index in [0.717, 1.165) is 89.5 Å². The fourth-order valence-electron chi connectivity index (χ4n) is 4.39. The van der Waals surface area contributed by atoms with Crippen LogP contribution in [0.5, 0.6) is 11.5 Å². The maximum absolute atomic E-state index is 5.56. The van der Waals surface area contributed by atoms with Gasteiger partial charge in [-0.2, -0.15) is 0 Å². The molecule has 0 amide bonds. The summed E-state index contributed by atoms with van der Waals surface area (Å²) in [6.45, 7) is 15.6. The number of ether oxygens (including phenoxy) is 2. The van der Waals surface area contributed by atoms with Crippen molar-refractivity contribution in [3.8, 4) is 11.5 Å². The first-order valence-electron chi connectivity index (χ1n) is 11.9. The molecule has 0 radical (unpaired) electrons. The molecule has 0 spiro atoms. The highest BCUT2D eigenvalue weighted by molar-refractivity contribution is 5.80. The predicted molar refractivity (Wildman–Crippen MR) is 131 cm³/mol. The molecule has 2 aliphatic heterocycles. The van der Waals surface area contributed by atoms with Gasteiger partial charge in [0.1, 0.15) is 11.5 Å². The van der Waals surface area contributed by atoms with Gasteiger partial charge in [0, 0.05) is 77.1 Å². The van der Waals surface area contributed by atoms with Crippen LogP contribution in [0.4, 0.5) is 0 Å². The molecule has 0 bridgehead atoms. The van der Waals surface area contributed by atoms with Crippen molar-refractivity contribution < 1.29 is 9.47 Å². The second-order valence-electron chi connectivity index (χ2n) is 8.82. The van der Waals surface area contributed by atoms with Crippen molar-refractivity contribution in [3.05, 3.63) is 23.8 Å². The SMILES string of the molecule is CCNC(=NCC(C)N1CCN(C)CC1)N1CCN(Cc2cc(OC)ccc2OC)CC1. The van der Waals surface area contributed by atoms with Gasteiger partial charge in [-0.15, -0.1) is 0 Å². The van der Waals surface area contributed by atoms with Crippen LogP contribution < -0.4 is 14.8 Å². The van der Waals surface area contributed by atoms with Gasteiger partial charge in [-0.1, -0.05) is 0 Å². The lowest BCUT2D eigenvalue weighted by atomic mass is 10.1. The van der Waals surface area contributed by atoms with Crippen LogP contribution >= 0.6 is 0 Å². The molecular formula is C24H42N6O2. The zero-order valence-electron chi connectivity index (χ0n) is 20.6. The van der Waals surface area contributed by atoms with Crippen LogP contribution in [0, 0.1) is 0 Å². The Balaban J connectivity index is 1.54. The van der Waals surface area contributed by atoms with Crippen LogP contribution in [0.3, 0.4) is 0 Å². The van der Waals surface area contributed by atoms with E-state index in [1.165, 1.54) is 5.56 Å². The quantitative estimate of drug-likeness (QED) is 0.479. The number of likely N-dealkylation sites (N-methyl/N-ethyl adjacent to an activating group) is 1. The number of hydrogen-bond acceptors (Lipinski definition) is 6. The topological polar surface area (TPSA) is 55.8 Å². The molecule has 0 aromatic heterocycles. The molecule has 2 fully saturated rings. The summed E-state index contributed by atoms with van der Waals surface area (Å²) in [6.07, 6.45) is 0. The van der Waals surface area contributed by atoms with Crippen molar-refractivity contribution >= 4 is 5.96 Å². The molecule has 2 heterocycles. The molecule has 0 aliphatic carbocycles. The van der Waals surface area contributed by atoms with E-state index in [9.17, 15) is 0 Å². The van der Waals surface area contributed by atoms with Gasteiger partial charge in [0.15, 0.2) is 5.96 Å². The van der Waals surface area contributed by atoms with Crippen molar-refractivity contribution in [1.29, 1.82) is 0 Å². The summed E-state index contributed by atoms with van der Waals surface area (Å²) in [5.41, 5.74) is 1.17. The largest absolute Gasteiger partial charge is 0.497 e. The molecule has 2 aliphatic rings. The monoisotopic (exact) mass is 446 g/mol. The Morgan fingerprint density at radius 3 is 2.38 bits per heavy atom. The molecule has 1 atom stereocenters. The van der Waals surface area contributed by atoms with Crippen molar-refractivity contribution in [2.75, 3.05) is 86.7 Å². The molecular weight excluding hydrogens is 404 g/mol. The fraction of sp³-hybridized carbons (Fsp3) is 0.708. The third-order valence-corrected chi connectivity index (χ3v) is 6.55. The predicted octanol–water partition coefficient (Wildman–Crippen LogP) is 1.42. The van der Waals surface area contributed by atoms with Crippen LogP contribution in [0.15, 0.2) is 23.2 Å². The van der Waals surface area contributed by atoms with E-state index in [1.54, 1.807) is 14.2 Å². The van der Waals surface area contributed by atoms with Crippen molar-refractivity contribution in [1.82, 2.24) is 24.9 Å². The highest BCUT2D eigenvalue weighted by atomic mass is 16.5. The van der Waals surface area contributed by atoms with Crippen LogP contribution in [0.1, 0.15) is 19.4 Å². The van der Waals surface area contributed by atoms with Crippen LogP contribution in [0.2, 0.25) is 0 Å². The summed E-state index contributed by atoms with van der Waals surface area (Å²) >= 11 is 0. The highest BCUT2D eigenvalue weighted by Gasteiger charge is 2.22. The van der Waals surface area contributed by atoms with Gasteiger partial charge in [-0.3, -0.25) is 14.8 Å². The normalized spacial score (nSPS) is 20.3. The van der Waals surface area contributed by atoms with Gasteiger partial charge < -0.3 is 24.6 Å². The maximum atomic E-state index is 5.56. The first-order valence-corrected chi connectivity index (χ1v) is 11.9. The molecule has 1 aromatic rings. The number of hydrogen-bond donors (Lipinski definition) is 1. The van der Waals surface area contributed by atoms with Crippen LogP contribution in [0.25, 0.3) is 0 Å². The van der Waals surface area contributed by atoms with Gasteiger partial charge in [0.2, 0.25) is 0 Å². The lowest BCUT2D eigenvalue weighted by molar-refractivity contribution is 0.121. The summed E-state index contributed by atoms with van der Waals surface area (Å²) in [7, 11) is 5.63. The summed E-state index contributed by atoms with van der Waals surface area (Å²) in [5, 5.41) is 3.51. The van der Waals surface area contributed by atoms with Crippen LogP contribution in [-0.4, -0.2) is 118 Å². The first kappa shape index (κ1) is 24.6. The van der Waals surface area contributed by atoms with Gasteiger partial charge in [-0.25, -0.2) is 0 Å². The Labute approximate surface area is 194 Å². The Morgan fingerprint density at radius 2 is 1.75 bits per heavy atom. The number of benzene rings is 1. The second kappa shape index (κ2) is 12.3. The van der Waals surface area contributed by atoms with E-state index in [4.69, 9.17) is 14.5 Å². The Morgan fingerprint density at radius 1 is 1.03 bits per heavy atom. The van der Waals surface area contributed by atoms with Gasteiger partial charge >= 0.3 is 0 Å². The third kappa shape index (κ3) is 6.73. The highest BCUT2D eigenvalue weighted by Crippen LogP contribution is 2.25. The van der Waals surface area contributed by atoms with Gasteiger partial charge in [-0.05, 0) is 39.1 Å². The minimum atomic E-state index is 0.471. The number of piperazine rings is 2. The molecule has 8 nitrogen and oxygen atoms in total. The molecule has 8 heteroatoms. The maximum Gasteiger partial charge on any atom is 0.194 e. The standard InChI is InChI=1S/C24H42N6O2/c1-6-25-24(26-18-20(2)29-13-9-27(3)10-14-29)30-15-11-28(12-16-30)19-21-17-22(31-4)7-8-23(21)32-5/h7-8,17,20H,6,9-16,18-19H2,1-5H3,(H,25,26). The summed E-state index contributed by atoms with van der Waals surface area (Å²) in [4.78, 5) is 14.9. The Hall–Kier alpha value is -2.03. The van der Waals surface area contributed by atoms with E-state index < -0.39 is 0 Å². The van der Waals surface area contributed by atoms with Gasteiger partial charge in [0.25, 0.3) is 0 Å². The minimum absolute atomic E-state index is 0.471. The number of aliphatic imine (C=N–C) groups is 1. The first-order chi connectivity index (χ1) is 15.5. The molecule has 1 N–H and O–H groups in total. The Bertz CT molecular complexity index is 727. The molecule has 32 heavy (non-hydrogen) atoms. The van der Waals surface area contributed by atoms with Crippen LogP contribution in [-0.2, 0) is 6.54 Å². The second-order valence-corrected chi connectivity index (χ2v) is 8.82. The number of nitrogens with zero attached hydrogens (tertiary/aromatic N) is 5. The summed E-state index contributed by atoms with van der Waals surface area (Å²) in [5.74, 6) is 2.84. The zero-order valence-corrected chi connectivity index (χ0v) is 20.6. The van der Waals surface area contributed by atoms with E-state index in [-0.39, 0.29) is 0 Å².